The van der Waals surface area contributed by atoms with Crippen LogP contribution in [-0.4, -0.2) is 40.8 Å². The van der Waals surface area contributed by atoms with Gasteiger partial charge in [0.1, 0.15) is 0 Å². The molecule has 0 aliphatic carbocycles. The minimum atomic E-state index is -4.76. The molecule has 0 radical (unpaired) electrons. The highest BCUT2D eigenvalue weighted by molar-refractivity contribution is 5.94. The number of hydrogen-bond acceptors (Lipinski definition) is 3. The number of carbonyl (C=O) groups is 1. The average molecular weight is 284 g/mol. The molecule has 1 amide bonds. The Bertz CT molecular complexity index is 562. The van der Waals surface area contributed by atoms with Gasteiger partial charge in [0.15, 0.2) is 5.60 Å². The summed E-state index contributed by atoms with van der Waals surface area (Å²) in [5.41, 5.74) is -2.29. The molecule has 1 heterocycles. The first-order valence-electron chi connectivity index (χ1n) is 5.85. The highest BCUT2D eigenvalue weighted by Crippen LogP contribution is 2.37. The molecule has 1 N–H and O–H groups in total. The predicted molar refractivity (Wildman–Crippen MR) is 62.7 cm³/mol. The van der Waals surface area contributed by atoms with Crippen molar-refractivity contribution in [1.82, 2.24) is 4.90 Å². The SMILES string of the molecule is N#Cc1ccc(C(=O)N2CCC(O)(C(F)(F)F)C2)cc1. The van der Waals surface area contributed by atoms with Gasteiger partial charge in [0.2, 0.25) is 0 Å². The van der Waals surface area contributed by atoms with Crippen LogP contribution in [0.5, 0.6) is 0 Å². The third-order valence-corrected chi connectivity index (χ3v) is 3.32. The number of β-amino-alcohol motifs (C(OH)–C–C–N with tert-alkyl or cyclic N) is 1. The molecule has 1 aliphatic rings. The Morgan fingerprint density at radius 1 is 1.35 bits per heavy atom. The van der Waals surface area contributed by atoms with Gasteiger partial charge in [-0.15, -0.1) is 0 Å². The Hall–Kier alpha value is -2.07. The standard InChI is InChI=1S/C13H11F3N2O2/c14-13(15,16)12(20)5-6-18(8-12)11(19)10-3-1-9(7-17)2-4-10/h1-4,20H,5-6,8H2. The predicted octanol–water partition coefficient (Wildman–Crippen LogP) is 1.70. The van der Waals surface area contributed by atoms with Crippen LogP contribution in [0.2, 0.25) is 0 Å². The molecule has 1 fully saturated rings. The number of amides is 1. The lowest BCUT2D eigenvalue weighted by atomic mass is 10.0. The molecule has 2 rings (SSSR count). The van der Waals surface area contributed by atoms with Crippen molar-refractivity contribution < 1.29 is 23.1 Å². The Labute approximate surface area is 113 Å². The van der Waals surface area contributed by atoms with Crippen molar-refractivity contribution in [3.05, 3.63) is 35.4 Å². The van der Waals surface area contributed by atoms with E-state index in [-0.39, 0.29) is 12.1 Å². The molecule has 4 nitrogen and oxygen atoms in total. The first-order valence-corrected chi connectivity index (χ1v) is 5.85. The van der Waals surface area contributed by atoms with E-state index in [4.69, 9.17) is 5.26 Å². The molecule has 20 heavy (non-hydrogen) atoms. The number of carbonyl (C=O) groups excluding carboxylic acids is 1. The Morgan fingerprint density at radius 3 is 2.40 bits per heavy atom. The van der Waals surface area contributed by atoms with E-state index in [1.54, 1.807) is 0 Å². The molecule has 0 bridgehead atoms. The van der Waals surface area contributed by atoms with Crippen molar-refractivity contribution >= 4 is 5.91 Å². The van der Waals surface area contributed by atoms with Crippen LogP contribution in [-0.2, 0) is 0 Å². The molecular weight excluding hydrogens is 273 g/mol. The van der Waals surface area contributed by atoms with Gasteiger partial charge in [-0.3, -0.25) is 4.79 Å². The number of alkyl halides is 3. The average Bonchev–Trinajstić information content (AvgIpc) is 2.82. The maximum Gasteiger partial charge on any atom is 0.419 e. The maximum atomic E-state index is 12.7. The van der Waals surface area contributed by atoms with E-state index >= 15 is 0 Å². The van der Waals surface area contributed by atoms with Crippen LogP contribution < -0.4 is 0 Å². The Balaban J connectivity index is 2.14. The molecule has 0 spiro atoms. The van der Waals surface area contributed by atoms with Gasteiger partial charge in [-0.25, -0.2) is 0 Å². The third kappa shape index (κ3) is 2.47. The molecule has 1 aromatic rings. The summed E-state index contributed by atoms with van der Waals surface area (Å²) in [7, 11) is 0. The molecule has 106 valence electrons. The number of halogens is 3. The van der Waals surface area contributed by atoms with E-state index < -0.39 is 30.7 Å². The lowest BCUT2D eigenvalue weighted by Crippen LogP contribution is -2.48. The third-order valence-electron chi connectivity index (χ3n) is 3.32. The number of rotatable bonds is 1. The van der Waals surface area contributed by atoms with Gasteiger partial charge in [0, 0.05) is 18.5 Å². The quantitative estimate of drug-likeness (QED) is 0.853. The summed E-state index contributed by atoms with van der Waals surface area (Å²) in [6, 6.07) is 7.48. The van der Waals surface area contributed by atoms with E-state index in [9.17, 15) is 23.1 Å². The molecule has 1 saturated heterocycles. The van der Waals surface area contributed by atoms with Gasteiger partial charge in [-0.1, -0.05) is 0 Å². The lowest BCUT2D eigenvalue weighted by molar-refractivity contribution is -0.253. The molecule has 1 aliphatic heterocycles. The van der Waals surface area contributed by atoms with Crippen molar-refractivity contribution in [2.24, 2.45) is 0 Å². The normalized spacial score (nSPS) is 22.6. The molecule has 1 unspecified atom stereocenters. The first-order chi connectivity index (χ1) is 9.27. The van der Waals surface area contributed by atoms with Crippen LogP contribution in [0, 0.1) is 11.3 Å². The van der Waals surface area contributed by atoms with Gasteiger partial charge < -0.3 is 10.0 Å². The number of benzene rings is 1. The zero-order chi connectivity index (χ0) is 15.0. The summed E-state index contributed by atoms with van der Waals surface area (Å²) in [4.78, 5) is 13.0. The molecule has 7 heteroatoms. The van der Waals surface area contributed by atoms with Crippen LogP contribution in [0.1, 0.15) is 22.3 Å². The number of nitrogens with zero attached hydrogens (tertiary/aromatic N) is 2. The summed E-state index contributed by atoms with van der Waals surface area (Å²) < 4.78 is 38.0. The second-order valence-electron chi connectivity index (χ2n) is 4.70. The molecule has 1 atom stereocenters. The monoisotopic (exact) mass is 284 g/mol. The number of hydrogen-bond donors (Lipinski definition) is 1. The van der Waals surface area contributed by atoms with Crippen molar-refractivity contribution in [3.63, 3.8) is 0 Å². The fourth-order valence-electron chi connectivity index (χ4n) is 2.07. The van der Waals surface area contributed by atoms with Gasteiger partial charge in [0.25, 0.3) is 5.91 Å². The zero-order valence-electron chi connectivity index (χ0n) is 10.3. The molecular formula is C13H11F3N2O2. The minimum absolute atomic E-state index is 0.158. The van der Waals surface area contributed by atoms with E-state index in [0.29, 0.717) is 5.56 Å². The maximum absolute atomic E-state index is 12.7. The van der Waals surface area contributed by atoms with Gasteiger partial charge in [0.05, 0.1) is 18.2 Å². The Kier molecular flexibility index (Phi) is 3.44. The van der Waals surface area contributed by atoms with Gasteiger partial charge in [-0.05, 0) is 24.3 Å². The highest BCUT2D eigenvalue weighted by atomic mass is 19.4. The molecule has 1 aromatic carbocycles. The van der Waals surface area contributed by atoms with Crippen LogP contribution in [0.25, 0.3) is 0 Å². The van der Waals surface area contributed by atoms with E-state index in [2.05, 4.69) is 0 Å². The highest BCUT2D eigenvalue weighted by Gasteiger charge is 2.57. The van der Waals surface area contributed by atoms with Gasteiger partial charge >= 0.3 is 6.18 Å². The minimum Gasteiger partial charge on any atom is -0.379 e. The second-order valence-corrected chi connectivity index (χ2v) is 4.70. The molecule has 0 aromatic heterocycles. The summed E-state index contributed by atoms with van der Waals surface area (Å²) in [6.45, 7) is -0.926. The van der Waals surface area contributed by atoms with E-state index in [0.717, 1.165) is 4.90 Å². The Morgan fingerprint density at radius 2 is 1.95 bits per heavy atom. The van der Waals surface area contributed by atoms with Crippen LogP contribution in [0.15, 0.2) is 24.3 Å². The fourth-order valence-corrected chi connectivity index (χ4v) is 2.07. The van der Waals surface area contributed by atoms with Crippen LogP contribution in [0.3, 0.4) is 0 Å². The fraction of sp³-hybridized carbons (Fsp3) is 0.385. The number of nitriles is 1. The summed E-state index contributed by atoms with van der Waals surface area (Å²) >= 11 is 0. The second kappa shape index (κ2) is 4.80. The van der Waals surface area contributed by atoms with E-state index in [1.807, 2.05) is 6.07 Å². The van der Waals surface area contributed by atoms with Crippen molar-refractivity contribution in [1.29, 1.82) is 5.26 Å². The summed E-state index contributed by atoms with van der Waals surface area (Å²) in [5.74, 6) is -0.588. The van der Waals surface area contributed by atoms with Crippen molar-refractivity contribution in [3.8, 4) is 6.07 Å². The number of likely N-dealkylation sites (tertiary alicyclic amines) is 1. The first kappa shape index (κ1) is 14.3. The number of aliphatic hydroxyl groups is 1. The molecule has 0 saturated carbocycles. The van der Waals surface area contributed by atoms with Crippen LogP contribution in [0.4, 0.5) is 13.2 Å². The lowest BCUT2D eigenvalue weighted by Gasteiger charge is -2.25. The van der Waals surface area contributed by atoms with Gasteiger partial charge in [-0.2, -0.15) is 18.4 Å². The smallest absolute Gasteiger partial charge is 0.379 e. The topological polar surface area (TPSA) is 64.3 Å². The van der Waals surface area contributed by atoms with Crippen molar-refractivity contribution in [2.45, 2.75) is 18.2 Å². The van der Waals surface area contributed by atoms with E-state index in [1.165, 1.54) is 24.3 Å². The summed E-state index contributed by atoms with van der Waals surface area (Å²) in [6.07, 6.45) is -5.29. The summed E-state index contributed by atoms with van der Waals surface area (Å²) in [5, 5.41) is 18.1. The zero-order valence-corrected chi connectivity index (χ0v) is 10.3. The van der Waals surface area contributed by atoms with Crippen LogP contribution >= 0.6 is 0 Å². The largest absolute Gasteiger partial charge is 0.419 e. The van der Waals surface area contributed by atoms with Crippen molar-refractivity contribution in [2.75, 3.05) is 13.1 Å².